The first kappa shape index (κ1) is 48.9. The Bertz CT molecular complexity index is 1520. The minimum Gasteiger partial charge on any atom is -0.512 e. The summed E-state index contributed by atoms with van der Waals surface area (Å²) in [6.07, 6.45) is -5.39. The number of rotatable bonds is 8. The number of alkyl halides is 6. The molecule has 0 bridgehead atoms. The van der Waals surface area contributed by atoms with Crippen molar-refractivity contribution in [2.75, 3.05) is 59.1 Å². The predicted molar refractivity (Wildman–Crippen MR) is 170 cm³/mol. The maximum atomic E-state index is 12.4. The lowest BCUT2D eigenvalue weighted by Gasteiger charge is -2.29. The molecule has 3 aliphatic heterocycles. The van der Waals surface area contributed by atoms with Crippen LogP contribution in [-0.4, -0.2) is 130 Å². The maximum Gasteiger partial charge on any atom is 0.534 e. The molecule has 304 valence electrons. The zero-order chi connectivity index (χ0) is 40.0. The Kier molecular flexibility index (Phi) is 19.9. The molecule has 3 aliphatic rings. The quantitative estimate of drug-likeness (QED) is 0.0899. The summed E-state index contributed by atoms with van der Waals surface area (Å²) in [6, 6.07) is 0. The summed E-state index contributed by atoms with van der Waals surface area (Å²) in [7, 11) is -6.14. The van der Waals surface area contributed by atoms with Crippen molar-refractivity contribution in [2.45, 2.75) is 58.6 Å². The van der Waals surface area contributed by atoms with Crippen LogP contribution in [0, 0.1) is 5.92 Å². The van der Waals surface area contributed by atoms with Gasteiger partial charge in [0.2, 0.25) is 5.91 Å². The van der Waals surface area contributed by atoms with Crippen molar-refractivity contribution in [2.24, 2.45) is 5.92 Å². The van der Waals surface area contributed by atoms with Gasteiger partial charge in [-0.3, -0.25) is 19.2 Å². The molecule has 16 nitrogen and oxygen atoms in total. The number of aliphatic hydroxyl groups excluding tert-OH is 1. The van der Waals surface area contributed by atoms with E-state index in [9.17, 15) is 68.6 Å². The number of aliphatic hydroxyl groups is 1. The fourth-order valence-corrected chi connectivity index (χ4v) is 4.94. The van der Waals surface area contributed by atoms with E-state index in [1.165, 1.54) is 18.7 Å². The first-order chi connectivity index (χ1) is 24.0. The molecule has 0 aliphatic carbocycles. The summed E-state index contributed by atoms with van der Waals surface area (Å²) in [4.78, 5) is 69.3. The molecular formula is C29H40ClF6N3O13S. The van der Waals surface area contributed by atoms with Crippen LogP contribution in [0.15, 0.2) is 22.7 Å². The number of carbonyl (C=O) groups excluding carboxylic acids is 6. The van der Waals surface area contributed by atoms with Gasteiger partial charge in [-0.25, -0.2) is 9.59 Å². The number of hydrogen-bond acceptors (Lipinski definition) is 14. The van der Waals surface area contributed by atoms with E-state index in [1.807, 2.05) is 0 Å². The van der Waals surface area contributed by atoms with Crippen LogP contribution in [0.2, 0.25) is 0 Å². The molecule has 0 radical (unpaired) electrons. The van der Waals surface area contributed by atoms with Gasteiger partial charge in [0, 0.05) is 52.4 Å². The minimum absolute atomic E-state index is 0. The van der Waals surface area contributed by atoms with Gasteiger partial charge >= 0.3 is 45.6 Å². The molecule has 1 atom stereocenters. The molecule has 0 saturated carbocycles. The van der Waals surface area contributed by atoms with Crippen molar-refractivity contribution in [3.8, 4) is 0 Å². The van der Waals surface area contributed by atoms with Gasteiger partial charge < -0.3 is 38.6 Å². The molecule has 0 aromatic rings. The molecule has 3 rings (SSSR count). The lowest BCUT2D eigenvalue weighted by Crippen LogP contribution is -2.46. The molecule has 24 heteroatoms. The van der Waals surface area contributed by atoms with Gasteiger partial charge in [-0.1, -0.05) is 0 Å². The summed E-state index contributed by atoms with van der Waals surface area (Å²) in [5.41, 5.74) is -6.53. The van der Waals surface area contributed by atoms with Crippen molar-refractivity contribution in [1.29, 1.82) is 0 Å². The molecule has 2 amide bonds. The first-order valence-electron chi connectivity index (χ1n) is 15.5. The van der Waals surface area contributed by atoms with E-state index in [2.05, 4.69) is 14.2 Å². The van der Waals surface area contributed by atoms with Crippen LogP contribution >= 0.6 is 12.4 Å². The number of nitrogens with zero attached hydrogens (tertiary/aromatic N) is 2. The average molecular weight is 820 g/mol. The third kappa shape index (κ3) is 15.0. The summed E-state index contributed by atoms with van der Waals surface area (Å²) in [6.45, 7) is 6.24. The Morgan fingerprint density at radius 3 is 1.81 bits per heavy atom. The van der Waals surface area contributed by atoms with Gasteiger partial charge in [0.05, 0.1) is 44.1 Å². The molecule has 1 saturated heterocycles. The molecule has 2 N–H and O–H groups in total. The largest absolute Gasteiger partial charge is 0.534 e. The van der Waals surface area contributed by atoms with Crippen molar-refractivity contribution >= 4 is 58.0 Å². The SMILES string of the molecule is CCOC(=O)C1=C(O)CCN(C(C)=O)C1.CCOC(=O)C1=C(OS(=O)(=O)C(F)(F)F)CCN(C(=O)C(F)(F)F)C1.CCOC(=O)C1CNCCC1=O.Cl. The van der Waals surface area contributed by atoms with E-state index in [-0.39, 0.29) is 60.1 Å². The van der Waals surface area contributed by atoms with Crippen LogP contribution in [0.4, 0.5) is 26.3 Å². The minimum atomic E-state index is -6.14. The number of amides is 2. The van der Waals surface area contributed by atoms with Crippen molar-refractivity contribution < 1.29 is 87.0 Å². The first-order valence-corrected chi connectivity index (χ1v) is 16.9. The number of Topliss-reactive ketones (excluding diaryl/α,β-unsaturated/α-hetero) is 1. The Morgan fingerprint density at radius 2 is 1.34 bits per heavy atom. The number of ether oxygens (including phenoxy) is 3. The maximum absolute atomic E-state index is 12.4. The van der Waals surface area contributed by atoms with Gasteiger partial charge in [-0.2, -0.15) is 34.8 Å². The second-order valence-electron chi connectivity index (χ2n) is 10.6. The molecule has 1 fully saturated rings. The number of nitrogens with one attached hydrogen (secondary N) is 1. The molecule has 53 heavy (non-hydrogen) atoms. The van der Waals surface area contributed by atoms with E-state index in [0.717, 1.165) is 0 Å². The lowest BCUT2D eigenvalue weighted by molar-refractivity contribution is -0.185. The second kappa shape index (κ2) is 21.5. The van der Waals surface area contributed by atoms with Crippen molar-refractivity contribution in [3.63, 3.8) is 0 Å². The van der Waals surface area contributed by atoms with E-state index in [0.29, 0.717) is 39.1 Å². The van der Waals surface area contributed by atoms with Crippen molar-refractivity contribution in [3.05, 3.63) is 22.7 Å². The number of ketones is 1. The van der Waals surface area contributed by atoms with Crippen LogP contribution in [-0.2, 0) is 57.3 Å². The Hall–Kier alpha value is -4.12. The van der Waals surface area contributed by atoms with Crippen LogP contribution < -0.4 is 5.32 Å². The second-order valence-corrected chi connectivity index (χ2v) is 12.2. The highest BCUT2D eigenvalue weighted by Crippen LogP contribution is 2.31. The Balaban J connectivity index is 0.000000822. The molecule has 0 spiro atoms. The van der Waals surface area contributed by atoms with Gasteiger partial charge in [0.25, 0.3) is 0 Å². The molecule has 3 heterocycles. The third-order valence-electron chi connectivity index (χ3n) is 6.98. The number of esters is 3. The van der Waals surface area contributed by atoms with E-state index >= 15 is 0 Å². The van der Waals surface area contributed by atoms with E-state index in [1.54, 1.807) is 13.8 Å². The lowest BCUT2D eigenvalue weighted by atomic mass is 9.98. The number of halogens is 7. The predicted octanol–water partition coefficient (Wildman–Crippen LogP) is 2.23. The average Bonchev–Trinajstić information content (AvgIpc) is 3.04. The molecule has 1 unspecified atom stereocenters. The number of piperidine rings is 1. The number of carbonyl (C=O) groups is 6. The zero-order valence-electron chi connectivity index (χ0n) is 28.9. The Morgan fingerprint density at radius 1 is 0.830 bits per heavy atom. The van der Waals surface area contributed by atoms with Gasteiger partial charge in [-0.05, 0) is 20.8 Å². The molecule has 0 aromatic heterocycles. The monoisotopic (exact) mass is 819 g/mol. The topological polar surface area (TPSA) is 212 Å². The summed E-state index contributed by atoms with van der Waals surface area (Å²) in [5, 5.41) is 12.5. The number of hydrogen-bond donors (Lipinski definition) is 2. The summed E-state index contributed by atoms with van der Waals surface area (Å²) < 4.78 is 114. The highest BCUT2D eigenvalue weighted by Gasteiger charge is 2.50. The Labute approximate surface area is 306 Å². The smallest absolute Gasteiger partial charge is 0.512 e. The van der Waals surface area contributed by atoms with E-state index < -0.39 is 82.4 Å². The zero-order valence-corrected chi connectivity index (χ0v) is 30.5. The van der Waals surface area contributed by atoms with E-state index in [4.69, 9.17) is 9.47 Å². The highest BCUT2D eigenvalue weighted by atomic mass is 35.5. The highest BCUT2D eigenvalue weighted by molar-refractivity contribution is 7.87. The summed E-state index contributed by atoms with van der Waals surface area (Å²) in [5.74, 6) is -6.35. The fraction of sp³-hybridized carbons (Fsp3) is 0.655. The van der Waals surface area contributed by atoms with Crippen LogP contribution in [0.3, 0.4) is 0 Å². The normalized spacial score (nSPS) is 17.9. The van der Waals surface area contributed by atoms with Crippen LogP contribution in [0.5, 0.6) is 0 Å². The molecular weight excluding hydrogens is 780 g/mol. The van der Waals surface area contributed by atoms with Gasteiger partial charge in [-0.15, -0.1) is 12.4 Å². The molecule has 0 aromatic carbocycles. The van der Waals surface area contributed by atoms with Crippen molar-refractivity contribution in [1.82, 2.24) is 15.1 Å². The summed E-state index contributed by atoms with van der Waals surface area (Å²) >= 11 is 0. The fourth-order valence-electron chi connectivity index (χ4n) is 4.39. The third-order valence-corrected chi connectivity index (χ3v) is 7.97. The van der Waals surface area contributed by atoms with Crippen LogP contribution in [0.1, 0.15) is 47.0 Å². The standard InChI is InChI=1S/C11H11F6NO6S.C10H15NO4.C8H13NO3.ClH/c1-2-23-8(19)6-5-18(9(20)10(12,13)14)4-3-7(6)24-25(21,22)11(15,16)17;1-3-15-10(14)8-6-11(7(2)12)5-4-9(8)13;1-2-12-8(11)6-5-9-4-3-7(6)10;/h2-5H2,1H3;13H,3-6H2,1-2H3;6,9H,2-5H2,1H3;1H. The van der Waals surface area contributed by atoms with Gasteiger partial charge in [0.1, 0.15) is 23.2 Å². The van der Waals surface area contributed by atoms with Crippen LogP contribution in [0.25, 0.3) is 0 Å². The van der Waals surface area contributed by atoms with Gasteiger partial charge in [0.15, 0.2) is 0 Å².